The Morgan fingerprint density at radius 2 is 2.06 bits per heavy atom. The number of rotatable bonds is 2. The number of nitrogens with zero attached hydrogens (tertiary/aromatic N) is 1. The third-order valence-electron chi connectivity index (χ3n) is 4.68. The number of piperazine rings is 1. The first-order valence-electron chi connectivity index (χ1n) is 7.37. The summed E-state index contributed by atoms with van der Waals surface area (Å²) in [5.74, 6) is -0.206. The van der Waals surface area contributed by atoms with Crippen LogP contribution in [0.25, 0.3) is 0 Å². The maximum Gasteiger partial charge on any atom is 0.168 e. The lowest BCUT2D eigenvalue weighted by Crippen LogP contribution is -2.59. The summed E-state index contributed by atoms with van der Waals surface area (Å²) in [7, 11) is 0. The molecule has 0 bridgehead atoms. The molecule has 3 fully saturated rings. The second-order valence-corrected chi connectivity index (χ2v) is 6.60. The van der Waals surface area contributed by atoms with Gasteiger partial charge in [0.1, 0.15) is 0 Å². The second-order valence-electron chi connectivity index (χ2n) is 6.60. The summed E-state index contributed by atoms with van der Waals surface area (Å²) in [5, 5.41) is 3.46. The topological polar surface area (TPSA) is 33.7 Å². The fraction of sp³-hybridized carbons (Fsp3) is 1.00. The first-order chi connectivity index (χ1) is 8.60. The fourth-order valence-electron chi connectivity index (χ4n) is 3.49. The summed E-state index contributed by atoms with van der Waals surface area (Å²) in [6, 6.07) is 0. The zero-order chi connectivity index (χ0) is 12.6. The molecule has 1 aliphatic carbocycles. The fourth-order valence-corrected chi connectivity index (χ4v) is 3.49. The van der Waals surface area contributed by atoms with Crippen LogP contribution in [0, 0.1) is 0 Å². The van der Waals surface area contributed by atoms with Crippen molar-refractivity contribution in [2.24, 2.45) is 0 Å². The highest BCUT2D eigenvalue weighted by Gasteiger charge is 2.45. The molecule has 2 saturated heterocycles. The Morgan fingerprint density at radius 3 is 2.78 bits per heavy atom. The highest BCUT2D eigenvalue weighted by Crippen LogP contribution is 2.39. The predicted molar refractivity (Wildman–Crippen MR) is 70.5 cm³/mol. The smallest absolute Gasteiger partial charge is 0.168 e. The van der Waals surface area contributed by atoms with Gasteiger partial charge in [0.05, 0.1) is 12.7 Å². The van der Waals surface area contributed by atoms with E-state index in [1.54, 1.807) is 0 Å². The van der Waals surface area contributed by atoms with Crippen molar-refractivity contribution >= 4 is 0 Å². The van der Waals surface area contributed by atoms with Crippen LogP contribution < -0.4 is 5.32 Å². The molecule has 4 heteroatoms. The Hall–Kier alpha value is -0.160. The number of hydrogen-bond donors (Lipinski definition) is 1. The SMILES string of the molecule is CC1(C)CNCCN1CC1COC2(CCCC2)O1. The van der Waals surface area contributed by atoms with Gasteiger partial charge < -0.3 is 14.8 Å². The van der Waals surface area contributed by atoms with Crippen molar-refractivity contribution in [3.8, 4) is 0 Å². The van der Waals surface area contributed by atoms with Gasteiger partial charge in [-0.25, -0.2) is 0 Å². The molecule has 1 atom stereocenters. The van der Waals surface area contributed by atoms with Gasteiger partial charge in [-0.05, 0) is 26.7 Å². The molecule has 0 amide bonds. The summed E-state index contributed by atoms with van der Waals surface area (Å²) in [5.41, 5.74) is 0.229. The van der Waals surface area contributed by atoms with Crippen molar-refractivity contribution in [3.63, 3.8) is 0 Å². The van der Waals surface area contributed by atoms with Crippen molar-refractivity contribution in [1.82, 2.24) is 10.2 Å². The minimum Gasteiger partial charge on any atom is -0.347 e. The molecule has 3 rings (SSSR count). The highest BCUT2D eigenvalue weighted by molar-refractivity contribution is 4.92. The molecule has 0 aromatic carbocycles. The van der Waals surface area contributed by atoms with Gasteiger partial charge in [-0.2, -0.15) is 0 Å². The van der Waals surface area contributed by atoms with Crippen LogP contribution in [0.5, 0.6) is 0 Å². The van der Waals surface area contributed by atoms with Gasteiger partial charge in [0.2, 0.25) is 0 Å². The minimum absolute atomic E-state index is 0.206. The first kappa shape index (κ1) is 12.9. The van der Waals surface area contributed by atoms with Crippen LogP contribution >= 0.6 is 0 Å². The van der Waals surface area contributed by atoms with Gasteiger partial charge in [0.25, 0.3) is 0 Å². The maximum atomic E-state index is 6.22. The van der Waals surface area contributed by atoms with Crippen molar-refractivity contribution < 1.29 is 9.47 Å². The standard InChI is InChI=1S/C14H26N2O2/c1-13(2)11-15-7-8-16(13)9-12-10-17-14(18-12)5-3-4-6-14/h12,15H,3-11H2,1-2H3. The Bertz CT molecular complexity index is 300. The molecule has 0 aromatic rings. The van der Waals surface area contributed by atoms with E-state index in [2.05, 4.69) is 24.1 Å². The van der Waals surface area contributed by atoms with Crippen LogP contribution in [-0.2, 0) is 9.47 Å². The Labute approximate surface area is 110 Å². The molecule has 1 unspecified atom stereocenters. The molecule has 1 N–H and O–H groups in total. The summed E-state index contributed by atoms with van der Waals surface area (Å²) in [4.78, 5) is 2.55. The third-order valence-corrected chi connectivity index (χ3v) is 4.68. The van der Waals surface area contributed by atoms with E-state index >= 15 is 0 Å². The molecule has 1 saturated carbocycles. The van der Waals surface area contributed by atoms with E-state index in [1.165, 1.54) is 12.8 Å². The largest absolute Gasteiger partial charge is 0.347 e. The first-order valence-corrected chi connectivity index (χ1v) is 7.37. The van der Waals surface area contributed by atoms with E-state index in [4.69, 9.17) is 9.47 Å². The van der Waals surface area contributed by atoms with Gasteiger partial charge in [0.15, 0.2) is 5.79 Å². The lowest BCUT2D eigenvalue weighted by Gasteiger charge is -2.43. The van der Waals surface area contributed by atoms with E-state index in [0.717, 1.165) is 45.6 Å². The van der Waals surface area contributed by atoms with Crippen molar-refractivity contribution in [1.29, 1.82) is 0 Å². The molecule has 0 aromatic heterocycles. The molecule has 104 valence electrons. The minimum atomic E-state index is -0.206. The Kier molecular flexibility index (Phi) is 3.39. The van der Waals surface area contributed by atoms with Crippen molar-refractivity contribution in [2.75, 3.05) is 32.8 Å². The lowest BCUT2D eigenvalue weighted by molar-refractivity contribution is -0.165. The quantitative estimate of drug-likeness (QED) is 0.806. The zero-order valence-corrected chi connectivity index (χ0v) is 11.7. The van der Waals surface area contributed by atoms with E-state index in [-0.39, 0.29) is 17.4 Å². The summed E-state index contributed by atoms with van der Waals surface area (Å²) >= 11 is 0. The van der Waals surface area contributed by atoms with E-state index in [1.807, 2.05) is 0 Å². The molecular weight excluding hydrogens is 228 g/mol. The summed E-state index contributed by atoms with van der Waals surface area (Å²) in [6.45, 7) is 9.66. The number of nitrogens with one attached hydrogen (secondary N) is 1. The maximum absolute atomic E-state index is 6.22. The lowest BCUT2D eigenvalue weighted by atomic mass is 10.00. The van der Waals surface area contributed by atoms with Crippen LogP contribution in [-0.4, -0.2) is 55.1 Å². The average molecular weight is 254 g/mol. The van der Waals surface area contributed by atoms with Gasteiger partial charge >= 0.3 is 0 Å². The Morgan fingerprint density at radius 1 is 1.28 bits per heavy atom. The van der Waals surface area contributed by atoms with Crippen LogP contribution in [0.2, 0.25) is 0 Å². The molecular formula is C14H26N2O2. The number of ether oxygens (including phenoxy) is 2. The van der Waals surface area contributed by atoms with Crippen molar-refractivity contribution in [2.45, 2.75) is 57.0 Å². The van der Waals surface area contributed by atoms with Crippen LogP contribution in [0.15, 0.2) is 0 Å². The molecule has 0 radical (unpaired) electrons. The van der Waals surface area contributed by atoms with Crippen molar-refractivity contribution in [3.05, 3.63) is 0 Å². The zero-order valence-electron chi connectivity index (χ0n) is 11.7. The third kappa shape index (κ3) is 2.44. The molecule has 18 heavy (non-hydrogen) atoms. The van der Waals surface area contributed by atoms with Gasteiger partial charge in [-0.3, -0.25) is 4.90 Å². The molecule has 2 heterocycles. The Balaban J connectivity index is 1.57. The molecule has 1 spiro atoms. The van der Waals surface area contributed by atoms with Gasteiger partial charge in [0, 0.05) is 44.6 Å². The molecule has 2 aliphatic heterocycles. The van der Waals surface area contributed by atoms with Crippen LogP contribution in [0.3, 0.4) is 0 Å². The van der Waals surface area contributed by atoms with Crippen LogP contribution in [0.1, 0.15) is 39.5 Å². The number of hydrogen-bond acceptors (Lipinski definition) is 4. The molecule has 4 nitrogen and oxygen atoms in total. The summed E-state index contributed by atoms with van der Waals surface area (Å²) in [6.07, 6.45) is 4.96. The summed E-state index contributed by atoms with van der Waals surface area (Å²) < 4.78 is 12.2. The van der Waals surface area contributed by atoms with E-state index in [9.17, 15) is 0 Å². The van der Waals surface area contributed by atoms with E-state index in [0.29, 0.717) is 0 Å². The van der Waals surface area contributed by atoms with Gasteiger partial charge in [-0.1, -0.05) is 0 Å². The second kappa shape index (κ2) is 4.75. The van der Waals surface area contributed by atoms with Crippen LogP contribution in [0.4, 0.5) is 0 Å². The average Bonchev–Trinajstić information content (AvgIpc) is 2.93. The molecule has 3 aliphatic rings. The highest BCUT2D eigenvalue weighted by atomic mass is 16.7. The monoisotopic (exact) mass is 254 g/mol. The predicted octanol–water partition coefficient (Wildman–Crippen LogP) is 1.36. The normalized spacial score (nSPS) is 35.3. The van der Waals surface area contributed by atoms with Gasteiger partial charge in [-0.15, -0.1) is 0 Å². The van der Waals surface area contributed by atoms with E-state index < -0.39 is 0 Å².